The largest absolute Gasteiger partial charge is 0.480 e. The number of carbonyl (C=O) groups is 4. The Morgan fingerprint density at radius 2 is 1.17 bits per heavy atom. The predicted molar refractivity (Wildman–Crippen MR) is 90.2 cm³/mol. The SMILES string of the molecule is C=CC(=O)N[C@@H](CSSC[C@H](NC(=O)C=C)C(=O)O)C(=O)O.[Na]. The van der Waals surface area contributed by atoms with Gasteiger partial charge in [-0.1, -0.05) is 34.7 Å². The monoisotopic (exact) mass is 371 g/mol. The van der Waals surface area contributed by atoms with E-state index in [1.165, 1.54) is 0 Å². The molecular weight excluding hydrogens is 355 g/mol. The Balaban J connectivity index is 0. The van der Waals surface area contributed by atoms with Crippen LogP contribution in [0.2, 0.25) is 0 Å². The van der Waals surface area contributed by atoms with Gasteiger partial charge in [-0.2, -0.15) is 0 Å². The van der Waals surface area contributed by atoms with Gasteiger partial charge in [0.2, 0.25) is 11.8 Å². The van der Waals surface area contributed by atoms with Gasteiger partial charge in [-0.25, -0.2) is 9.59 Å². The second-order valence-corrected chi connectivity index (χ2v) is 6.33. The van der Waals surface area contributed by atoms with Crippen LogP contribution in [0.25, 0.3) is 0 Å². The van der Waals surface area contributed by atoms with Gasteiger partial charge in [0, 0.05) is 41.1 Å². The molecule has 0 aromatic heterocycles. The summed E-state index contributed by atoms with van der Waals surface area (Å²) in [4.78, 5) is 44.0. The standard InChI is InChI=1S/C12H16N2O6S2.Na/c1-3-9(15)13-7(11(17)18)5-21-22-6-8(12(19)20)14-10(16)4-2;/h3-4,7-8H,1-2,5-6H2,(H,13,15)(H,14,16)(H,17,18)(H,19,20);/t7-,8-;/m0./s1. The summed E-state index contributed by atoms with van der Waals surface area (Å²) in [7, 11) is 2.14. The summed E-state index contributed by atoms with van der Waals surface area (Å²) < 4.78 is 0. The van der Waals surface area contributed by atoms with Crippen LogP contribution in [0, 0.1) is 0 Å². The summed E-state index contributed by atoms with van der Waals surface area (Å²) in [6.45, 7) is 6.43. The minimum Gasteiger partial charge on any atom is -0.480 e. The van der Waals surface area contributed by atoms with Crippen LogP contribution in [-0.2, 0) is 19.2 Å². The van der Waals surface area contributed by atoms with Crippen molar-refractivity contribution in [3.8, 4) is 0 Å². The van der Waals surface area contributed by atoms with Gasteiger partial charge in [0.05, 0.1) is 0 Å². The first-order chi connectivity index (χ1) is 10.3. The summed E-state index contributed by atoms with van der Waals surface area (Å²) in [5.41, 5.74) is 0. The zero-order valence-corrected chi connectivity index (χ0v) is 16.1. The second-order valence-electron chi connectivity index (χ2n) is 3.78. The first-order valence-electron chi connectivity index (χ1n) is 5.87. The maximum atomic E-state index is 11.1. The molecule has 0 aliphatic rings. The fourth-order valence-corrected chi connectivity index (χ4v) is 3.35. The zero-order valence-electron chi connectivity index (χ0n) is 12.5. The van der Waals surface area contributed by atoms with Crippen LogP contribution in [0.3, 0.4) is 0 Å². The van der Waals surface area contributed by atoms with Crippen LogP contribution in [0.1, 0.15) is 0 Å². The molecule has 4 N–H and O–H groups in total. The number of hydrogen-bond acceptors (Lipinski definition) is 6. The Kier molecular flexibility index (Phi) is 14.3. The molecular formula is C12H16N2NaO6S2. The molecule has 0 unspecified atom stereocenters. The molecule has 23 heavy (non-hydrogen) atoms. The van der Waals surface area contributed by atoms with Gasteiger partial charge >= 0.3 is 11.9 Å². The molecule has 2 atom stereocenters. The van der Waals surface area contributed by atoms with Crippen molar-refractivity contribution in [3.05, 3.63) is 25.3 Å². The number of hydrogen-bond donors (Lipinski definition) is 4. The third-order valence-electron chi connectivity index (χ3n) is 2.15. The average molecular weight is 371 g/mol. The van der Waals surface area contributed by atoms with Crippen molar-refractivity contribution in [3.63, 3.8) is 0 Å². The van der Waals surface area contributed by atoms with Crippen LogP contribution in [0.15, 0.2) is 25.3 Å². The van der Waals surface area contributed by atoms with Gasteiger partial charge in [0.1, 0.15) is 12.1 Å². The molecule has 0 aliphatic carbocycles. The molecule has 1 radical (unpaired) electrons. The minimum absolute atomic E-state index is 0. The van der Waals surface area contributed by atoms with Gasteiger partial charge in [-0.15, -0.1) is 0 Å². The van der Waals surface area contributed by atoms with Crippen molar-refractivity contribution in [1.29, 1.82) is 0 Å². The summed E-state index contributed by atoms with van der Waals surface area (Å²) in [6, 6.07) is -2.23. The second kappa shape index (κ2) is 13.5. The molecule has 0 rings (SSSR count). The number of carboxylic acid groups (broad SMARTS) is 2. The number of carbonyl (C=O) groups excluding carboxylic acids is 2. The number of carboxylic acids is 2. The van der Waals surface area contributed by atoms with E-state index in [9.17, 15) is 19.2 Å². The van der Waals surface area contributed by atoms with Crippen LogP contribution >= 0.6 is 21.6 Å². The Bertz CT molecular complexity index is 432. The molecule has 123 valence electrons. The smallest absolute Gasteiger partial charge is 0.327 e. The van der Waals surface area contributed by atoms with E-state index in [0.717, 1.165) is 33.7 Å². The van der Waals surface area contributed by atoms with Gasteiger partial charge < -0.3 is 20.8 Å². The molecule has 0 fully saturated rings. The van der Waals surface area contributed by atoms with E-state index in [1.54, 1.807) is 0 Å². The van der Waals surface area contributed by atoms with Crippen molar-refractivity contribution in [2.75, 3.05) is 11.5 Å². The van der Waals surface area contributed by atoms with E-state index in [4.69, 9.17) is 10.2 Å². The van der Waals surface area contributed by atoms with E-state index >= 15 is 0 Å². The Morgan fingerprint density at radius 1 is 0.870 bits per heavy atom. The molecule has 0 heterocycles. The fourth-order valence-electron chi connectivity index (χ4n) is 1.04. The van der Waals surface area contributed by atoms with E-state index < -0.39 is 35.8 Å². The van der Waals surface area contributed by atoms with Crippen LogP contribution < -0.4 is 10.6 Å². The molecule has 8 nitrogen and oxygen atoms in total. The third-order valence-corrected chi connectivity index (χ3v) is 4.57. The zero-order chi connectivity index (χ0) is 17.1. The Hall–Kier alpha value is -0.940. The van der Waals surface area contributed by atoms with Crippen molar-refractivity contribution in [2.24, 2.45) is 0 Å². The number of aliphatic carboxylic acids is 2. The Labute approximate surface area is 163 Å². The first-order valence-corrected chi connectivity index (χ1v) is 8.36. The van der Waals surface area contributed by atoms with Crippen molar-refractivity contribution in [2.45, 2.75) is 12.1 Å². The molecule has 0 aromatic rings. The van der Waals surface area contributed by atoms with Gasteiger partial charge in [0.25, 0.3) is 0 Å². The maximum absolute atomic E-state index is 11.1. The van der Waals surface area contributed by atoms with E-state index in [2.05, 4.69) is 23.8 Å². The number of amides is 2. The van der Waals surface area contributed by atoms with Gasteiger partial charge in [-0.3, -0.25) is 9.59 Å². The summed E-state index contributed by atoms with van der Waals surface area (Å²) >= 11 is 0. The van der Waals surface area contributed by atoms with Gasteiger partial charge in [0.15, 0.2) is 0 Å². The molecule has 0 aromatic carbocycles. The van der Waals surface area contributed by atoms with Crippen LogP contribution in [0.4, 0.5) is 0 Å². The number of nitrogens with one attached hydrogen (secondary N) is 2. The van der Waals surface area contributed by atoms with E-state index in [0.29, 0.717) is 0 Å². The summed E-state index contributed by atoms with van der Waals surface area (Å²) in [6.07, 6.45) is 1.91. The van der Waals surface area contributed by atoms with Crippen molar-refractivity contribution >= 4 is 74.9 Å². The van der Waals surface area contributed by atoms with E-state index in [1.807, 2.05) is 0 Å². The van der Waals surface area contributed by atoms with Crippen molar-refractivity contribution < 1.29 is 29.4 Å². The summed E-state index contributed by atoms with van der Waals surface area (Å²) in [5, 5.41) is 22.3. The molecule has 0 saturated heterocycles. The quantitative estimate of drug-likeness (QED) is 0.165. The fraction of sp³-hybridized carbons (Fsp3) is 0.333. The normalized spacial score (nSPS) is 12.0. The first kappa shape index (κ1) is 24.3. The topological polar surface area (TPSA) is 133 Å². The molecule has 0 bridgehead atoms. The molecule has 0 spiro atoms. The predicted octanol–water partition coefficient (Wildman–Crippen LogP) is -0.502. The van der Waals surface area contributed by atoms with Crippen LogP contribution in [-0.4, -0.2) is 87.1 Å². The van der Waals surface area contributed by atoms with E-state index in [-0.39, 0.29) is 41.1 Å². The van der Waals surface area contributed by atoms with Crippen molar-refractivity contribution in [1.82, 2.24) is 10.6 Å². The average Bonchev–Trinajstić information content (AvgIpc) is 2.47. The molecule has 0 aliphatic heterocycles. The molecule has 2 amide bonds. The Morgan fingerprint density at radius 3 is 1.39 bits per heavy atom. The number of rotatable bonds is 11. The summed E-state index contributed by atoms with van der Waals surface area (Å²) in [5.74, 6) is -3.58. The minimum atomic E-state index is -1.21. The van der Waals surface area contributed by atoms with Crippen LogP contribution in [0.5, 0.6) is 0 Å². The van der Waals surface area contributed by atoms with Gasteiger partial charge in [-0.05, 0) is 12.2 Å². The molecule has 0 saturated carbocycles. The third kappa shape index (κ3) is 11.3. The molecule has 11 heteroatoms. The maximum Gasteiger partial charge on any atom is 0.327 e.